The van der Waals surface area contributed by atoms with Crippen LogP contribution >= 0.6 is 11.6 Å². The number of nitrogens with one attached hydrogen (secondary N) is 1. The molecule has 0 aliphatic carbocycles. The van der Waals surface area contributed by atoms with E-state index < -0.39 is 0 Å². The molecular weight excluding hydrogens is 232 g/mol. The maximum atomic E-state index is 5.91. The molecule has 0 aromatic heterocycles. The SMILES string of the molecule is CCCN(Cc1ccc(Cl)cc1)[C@H]1CCNC1. The Morgan fingerprint density at radius 1 is 1.35 bits per heavy atom. The van der Waals surface area contributed by atoms with E-state index in [0.717, 1.165) is 24.7 Å². The van der Waals surface area contributed by atoms with Crippen LogP contribution in [-0.2, 0) is 6.54 Å². The van der Waals surface area contributed by atoms with Crippen molar-refractivity contribution in [2.75, 3.05) is 19.6 Å². The van der Waals surface area contributed by atoms with Crippen molar-refractivity contribution in [1.29, 1.82) is 0 Å². The molecule has 1 heterocycles. The van der Waals surface area contributed by atoms with Crippen molar-refractivity contribution in [3.8, 4) is 0 Å². The second-order valence-electron chi connectivity index (χ2n) is 4.74. The molecule has 0 amide bonds. The minimum absolute atomic E-state index is 0.700. The number of hydrogen-bond donors (Lipinski definition) is 1. The number of rotatable bonds is 5. The van der Waals surface area contributed by atoms with Gasteiger partial charge in [-0.3, -0.25) is 4.90 Å². The zero-order chi connectivity index (χ0) is 12.1. The van der Waals surface area contributed by atoms with E-state index in [2.05, 4.69) is 29.3 Å². The fraction of sp³-hybridized carbons (Fsp3) is 0.571. The average molecular weight is 253 g/mol. The summed E-state index contributed by atoms with van der Waals surface area (Å²) in [5.74, 6) is 0. The van der Waals surface area contributed by atoms with Gasteiger partial charge in [-0.2, -0.15) is 0 Å². The van der Waals surface area contributed by atoms with Crippen molar-refractivity contribution in [3.63, 3.8) is 0 Å². The van der Waals surface area contributed by atoms with Crippen LogP contribution in [0.5, 0.6) is 0 Å². The Labute approximate surface area is 109 Å². The van der Waals surface area contributed by atoms with Gasteiger partial charge >= 0.3 is 0 Å². The summed E-state index contributed by atoms with van der Waals surface area (Å²) in [4.78, 5) is 2.59. The molecule has 0 unspecified atom stereocenters. The van der Waals surface area contributed by atoms with Crippen LogP contribution in [0.25, 0.3) is 0 Å². The van der Waals surface area contributed by atoms with Crippen molar-refractivity contribution in [2.45, 2.75) is 32.4 Å². The van der Waals surface area contributed by atoms with Gasteiger partial charge < -0.3 is 5.32 Å². The Kier molecular flexibility index (Phi) is 4.84. The van der Waals surface area contributed by atoms with Gasteiger partial charge in [0.05, 0.1) is 0 Å². The summed E-state index contributed by atoms with van der Waals surface area (Å²) >= 11 is 5.91. The molecule has 1 atom stereocenters. The first kappa shape index (κ1) is 12.9. The minimum Gasteiger partial charge on any atom is -0.315 e. The molecule has 1 aliphatic heterocycles. The summed E-state index contributed by atoms with van der Waals surface area (Å²) in [5, 5.41) is 4.26. The Morgan fingerprint density at radius 2 is 2.12 bits per heavy atom. The minimum atomic E-state index is 0.700. The molecule has 0 bridgehead atoms. The van der Waals surface area contributed by atoms with Crippen LogP contribution in [-0.4, -0.2) is 30.6 Å². The van der Waals surface area contributed by atoms with Crippen molar-refractivity contribution >= 4 is 11.6 Å². The molecule has 1 aromatic rings. The van der Waals surface area contributed by atoms with Crippen LogP contribution < -0.4 is 5.32 Å². The predicted octanol–water partition coefficient (Wildman–Crippen LogP) is 2.91. The molecule has 2 nitrogen and oxygen atoms in total. The lowest BCUT2D eigenvalue weighted by atomic mass is 10.1. The van der Waals surface area contributed by atoms with Crippen LogP contribution in [0.4, 0.5) is 0 Å². The van der Waals surface area contributed by atoms with E-state index in [1.807, 2.05) is 12.1 Å². The second-order valence-corrected chi connectivity index (χ2v) is 5.18. The highest BCUT2D eigenvalue weighted by molar-refractivity contribution is 6.30. The molecule has 1 aliphatic rings. The quantitative estimate of drug-likeness (QED) is 0.867. The highest BCUT2D eigenvalue weighted by atomic mass is 35.5. The van der Waals surface area contributed by atoms with Gasteiger partial charge in [-0.25, -0.2) is 0 Å². The summed E-state index contributed by atoms with van der Waals surface area (Å²) in [6.45, 7) is 6.75. The van der Waals surface area contributed by atoms with Crippen molar-refractivity contribution in [2.24, 2.45) is 0 Å². The molecule has 1 saturated heterocycles. The van der Waals surface area contributed by atoms with Crippen LogP contribution in [0.3, 0.4) is 0 Å². The van der Waals surface area contributed by atoms with Gasteiger partial charge in [0.2, 0.25) is 0 Å². The lowest BCUT2D eigenvalue weighted by Gasteiger charge is -2.28. The molecule has 1 aromatic carbocycles. The Morgan fingerprint density at radius 3 is 2.71 bits per heavy atom. The van der Waals surface area contributed by atoms with Gasteiger partial charge in [0.1, 0.15) is 0 Å². The normalized spacial score (nSPS) is 20.1. The molecule has 3 heteroatoms. The van der Waals surface area contributed by atoms with Gasteiger partial charge in [-0.1, -0.05) is 30.7 Å². The predicted molar refractivity (Wildman–Crippen MR) is 73.4 cm³/mol. The molecule has 0 radical (unpaired) electrons. The molecule has 17 heavy (non-hydrogen) atoms. The van der Waals surface area contributed by atoms with E-state index in [4.69, 9.17) is 11.6 Å². The van der Waals surface area contributed by atoms with Crippen molar-refractivity contribution < 1.29 is 0 Å². The standard InChI is InChI=1S/C14H21ClN2/c1-2-9-17(14-7-8-16-10-14)11-12-3-5-13(15)6-4-12/h3-6,14,16H,2,7-11H2,1H3/t14-/m0/s1. The summed E-state index contributed by atoms with van der Waals surface area (Å²) < 4.78 is 0. The van der Waals surface area contributed by atoms with Crippen LogP contribution in [0.1, 0.15) is 25.3 Å². The smallest absolute Gasteiger partial charge is 0.0406 e. The molecule has 0 spiro atoms. The highest BCUT2D eigenvalue weighted by Gasteiger charge is 2.21. The third kappa shape index (κ3) is 3.70. The van der Waals surface area contributed by atoms with E-state index in [-0.39, 0.29) is 0 Å². The molecule has 0 saturated carbocycles. The summed E-state index contributed by atoms with van der Waals surface area (Å²) in [7, 11) is 0. The monoisotopic (exact) mass is 252 g/mol. The van der Waals surface area contributed by atoms with Crippen LogP contribution in [0.2, 0.25) is 5.02 Å². The lowest BCUT2D eigenvalue weighted by molar-refractivity contribution is 0.199. The Bertz CT molecular complexity index is 331. The van der Waals surface area contributed by atoms with Crippen molar-refractivity contribution in [1.82, 2.24) is 10.2 Å². The fourth-order valence-electron chi connectivity index (χ4n) is 2.45. The fourth-order valence-corrected chi connectivity index (χ4v) is 2.58. The summed E-state index contributed by atoms with van der Waals surface area (Å²) in [6, 6.07) is 8.92. The lowest BCUT2D eigenvalue weighted by Crippen LogP contribution is -2.36. The third-order valence-electron chi connectivity index (χ3n) is 3.36. The summed E-state index contributed by atoms with van der Waals surface area (Å²) in [5.41, 5.74) is 1.36. The number of benzene rings is 1. The molecular formula is C14H21ClN2. The maximum Gasteiger partial charge on any atom is 0.0406 e. The maximum absolute atomic E-state index is 5.91. The zero-order valence-electron chi connectivity index (χ0n) is 10.5. The van der Waals surface area contributed by atoms with Gasteiger partial charge in [0.25, 0.3) is 0 Å². The first-order chi connectivity index (χ1) is 8.29. The molecule has 2 rings (SSSR count). The van der Waals surface area contributed by atoms with Gasteiger partial charge in [0, 0.05) is 24.2 Å². The average Bonchev–Trinajstić information content (AvgIpc) is 2.85. The molecule has 1 fully saturated rings. The molecule has 94 valence electrons. The Hall–Kier alpha value is -0.570. The highest BCUT2D eigenvalue weighted by Crippen LogP contribution is 2.16. The van der Waals surface area contributed by atoms with E-state index in [0.29, 0.717) is 6.04 Å². The largest absolute Gasteiger partial charge is 0.315 e. The van der Waals surface area contributed by atoms with E-state index in [1.54, 1.807) is 0 Å². The number of hydrogen-bond acceptors (Lipinski definition) is 2. The van der Waals surface area contributed by atoms with E-state index >= 15 is 0 Å². The number of halogens is 1. The van der Waals surface area contributed by atoms with E-state index in [1.165, 1.54) is 24.9 Å². The number of nitrogens with zero attached hydrogens (tertiary/aromatic N) is 1. The first-order valence-corrected chi connectivity index (χ1v) is 6.86. The molecule has 1 N–H and O–H groups in total. The summed E-state index contributed by atoms with van der Waals surface area (Å²) in [6.07, 6.45) is 2.48. The van der Waals surface area contributed by atoms with Crippen LogP contribution in [0, 0.1) is 0 Å². The van der Waals surface area contributed by atoms with Crippen molar-refractivity contribution in [3.05, 3.63) is 34.9 Å². The first-order valence-electron chi connectivity index (χ1n) is 6.49. The second kappa shape index (κ2) is 6.39. The van der Waals surface area contributed by atoms with E-state index in [9.17, 15) is 0 Å². The van der Waals surface area contributed by atoms with Crippen LogP contribution in [0.15, 0.2) is 24.3 Å². The van der Waals surface area contributed by atoms with Gasteiger partial charge in [0.15, 0.2) is 0 Å². The van der Waals surface area contributed by atoms with Gasteiger partial charge in [-0.15, -0.1) is 0 Å². The topological polar surface area (TPSA) is 15.3 Å². The zero-order valence-corrected chi connectivity index (χ0v) is 11.2. The van der Waals surface area contributed by atoms with Gasteiger partial charge in [-0.05, 0) is 43.6 Å². The Balaban J connectivity index is 1.98. The third-order valence-corrected chi connectivity index (χ3v) is 3.61.